The van der Waals surface area contributed by atoms with Crippen molar-refractivity contribution in [1.29, 1.82) is 0 Å². The van der Waals surface area contributed by atoms with Crippen LogP contribution in [0.4, 0.5) is 0 Å². The molecule has 244 valence electrons. The molecular weight excluding hydrogens is 561 g/mol. The standard InChI is InChI=1S/C39H60O4Si/c1-10-29-33-24-28(43-44(8,9)37(3,4)5)20-22-39(33,7)32-21-23-38(6)30(17-18-31(38)35(32)36(29)41)26(2)16-19-34(40)42-25-27-14-12-11-13-15-27/h10-15,26,28,30-33,35H,16-25H2,1-9H3/b29-10+/t26-,28-,30-,31+,32+,33+,35+,38-,39-/m1/s1. The van der Waals surface area contributed by atoms with Crippen LogP contribution in [0.2, 0.25) is 18.1 Å². The molecule has 0 unspecified atom stereocenters. The van der Waals surface area contributed by atoms with Gasteiger partial charge >= 0.3 is 5.97 Å². The minimum absolute atomic E-state index is 0.101. The Hall–Kier alpha value is -1.72. The third-order valence-electron chi connectivity index (χ3n) is 13.8. The number of carbonyl (C=O) groups excluding carboxylic acids is 2. The van der Waals surface area contributed by atoms with E-state index in [-0.39, 0.29) is 33.9 Å². The minimum Gasteiger partial charge on any atom is -0.461 e. The highest BCUT2D eigenvalue weighted by Gasteiger charge is 2.64. The van der Waals surface area contributed by atoms with Crippen LogP contribution in [0, 0.1) is 46.3 Å². The van der Waals surface area contributed by atoms with Gasteiger partial charge < -0.3 is 9.16 Å². The molecule has 9 atom stereocenters. The number of hydrogen-bond donors (Lipinski definition) is 0. The maximum atomic E-state index is 14.5. The molecule has 0 N–H and O–H groups in total. The highest BCUT2D eigenvalue weighted by atomic mass is 28.4. The van der Waals surface area contributed by atoms with Crippen LogP contribution in [0.25, 0.3) is 0 Å². The number of allylic oxidation sites excluding steroid dienone is 2. The molecule has 0 amide bonds. The Morgan fingerprint density at radius 3 is 2.34 bits per heavy atom. The number of hydrogen-bond acceptors (Lipinski definition) is 4. The van der Waals surface area contributed by atoms with Crippen LogP contribution in [0.1, 0.15) is 112 Å². The van der Waals surface area contributed by atoms with Crippen molar-refractivity contribution in [2.24, 2.45) is 46.3 Å². The zero-order valence-corrected chi connectivity index (χ0v) is 30.2. The lowest BCUT2D eigenvalue weighted by molar-refractivity contribution is -0.149. The van der Waals surface area contributed by atoms with Crippen LogP contribution in [-0.4, -0.2) is 26.2 Å². The third kappa shape index (κ3) is 6.06. The molecule has 5 rings (SSSR count). The topological polar surface area (TPSA) is 52.6 Å². The first-order valence-corrected chi connectivity index (χ1v) is 20.6. The van der Waals surface area contributed by atoms with Gasteiger partial charge in [0, 0.05) is 18.4 Å². The smallest absolute Gasteiger partial charge is 0.306 e. The number of ether oxygens (including phenoxy) is 1. The van der Waals surface area contributed by atoms with Crippen LogP contribution < -0.4 is 0 Å². The highest BCUT2D eigenvalue weighted by Crippen LogP contribution is 2.68. The number of carbonyl (C=O) groups is 2. The number of rotatable bonds is 8. The second kappa shape index (κ2) is 12.5. The molecule has 44 heavy (non-hydrogen) atoms. The third-order valence-corrected chi connectivity index (χ3v) is 18.3. The van der Waals surface area contributed by atoms with Crippen molar-refractivity contribution in [3.8, 4) is 0 Å². The molecule has 0 aromatic heterocycles. The molecule has 0 radical (unpaired) electrons. The molecular formula is C39H60O4Si. The number of Topliss-reactive ketones (excluding diaryl/α,β-unsaturated/α-hetero) is 1. The van der Waals surface area contributed by atoms with Gasteiger partial charge in [-0.2, -0.15) is 0 Å². The maximum Gasteiger partial charge on any atom is 0.306 e. The monoisotopic (exact) mass is 620 g/mol. The quantitative estimate of drug-likeness (QED) is 0.165. The summed E-state index contributed by atoms with van der Waals surface area (Å²) in [6.07, 6.45) is 11.7. The number of esters is 1. The molecule has 4 aliphatic rings. The van der Waals surface area contributed by atoms with E-state index in [9.17, 15) is 9.59 Å². The first kappa shape index (κ1) is 33.6. The van der Waals surface area contributed by atoms with Crippen molar-refractivity contribution >= 4 is 20.1 Å². The summed E-state index contributed by atoms with van der Waals surface area (Å²) in [5, 5.41) is 0.192. The van der Waals surface area contributed by atoms with E-state index in [4.69, 9.17) is 9.16 Å². The summed E-state index contributed by atoms with van der Waals surface area (Å²) >= 11 is 0. The molecule has 0 bridgehead atoms. The van der Waals surface area contributed by atoms with Gasteiger partial charge in [-0.05, 0) is 128 Å². The molecule has 0 aliphatic heterocycles. The van der Waals surface area contributed by atoms with Crippen molar-refractivity contribution in [3.63, 3.8) is 0 Å². The first-order chi connectivity index (χ1) is 20.6. The molecule has 0 saturated heterocycles. The highest BCUT2D eigenvalue weighted by molar-refractivity contribution is 6.74. The second-order valence-electron chi connectivity index (χ2n) is 17.1. The van der Waals surface area contributed by atoms with E-state index in [0.29, 0.717) is 48.4 Å². The van der Waals surface area contributed by atoms with Crippen LogP contribution in [-0.2, 0) is 25.4 Å². The SMILES string of the molecule is C/C=C1/C(=O)[C@@H]2[C@H](CC[C@]3(C)[C@@H]([C@H](C)CCC(=O)OCc4ccccc4)CC[C@@H]23)[C@@]2(C)CC[C@@H](O[Si](C)(C)C(C)(C)C)C[C@@H]12. The summed E-state index contributed by atoms with van der Waals surface area (Å²) in [6, 6.07) is 9.92. The Bertz CT molecular complexity index is 1230. The molecule has 0 spiro atoms. The Labute approximate surface area is 269 Å². The van der Waals surface area contributed by atoms with Gasteiger partial charge in [-0.25, -0.2) is 0 Å². The van der Waals surface area contributed by atoms with Crippen molar-refractivity contribution in [3.05, 3.63) is 47.5 Å². The normalized spacial score (nSPS) is 37.2. The van der Waals surface area contributed by atoms with Gasteiger partial charge in [0.1, 0.15) is 6.61 Å². The summed E-state index contributed by atoms with van der Waals surface area (Å²) in [4.78, 5) is 27.2. The molecule has 4 nitrogen and oxygen atoms in total. The molecule has 4 saturated carbocycles. The van der Waals surface area contributed by atoms with Crippen molar-refractivity contribution in [1.82, 2.24) is 0 Å². The van der Waals surface area contributed by atoms with E-state index in [1.807, 2.05) is 30.3 Å². The van der Waals surface area contributed by atoms with Gasteiger partial charge in [-0.3, -0.25) is 9.59 Å². The van der Waals surface area contributed by atoms with Crippen molar-refractivity contribution < 1.29 is 18.8 Å². The molecule has 0 heterocycles. The molecule has 1 aromatic carbocycles. The Morgan fingerprint density at radius 2 is 1.68 bits per heavy atom. The fraction of sp³-hybridized carbons (Fsp3) is 0.744. The number of benzene rings is 1. The minimum atomic E-state index is -1.87. The average Bonchev–Trinajstić information content (AvgIpc) is 3.32. The van der Waals surface area contributed by atoms with Gasteiger partial charge in [0.15, 0.2) is 14.1 Å². The summed E-state index contributed by atoms with van der Waals surface area (Å²) in [5.41, 5.74) is 2.47. The predicted octanol–water partition coefficient (Wildman–Crippen LogP) is 9.93. The summed E-state index contributed by atoms with van der Waals surface area (Å²) in [6.45, 7) is 21.5. The number of ketones is 1. The lowest BCUT2D eigenvalue weighted by Crippen LogP contribution is -2.59. The molecule has 4 aliphatic carbocycles. The van der Waals surface area contributed by atoms with E-state index in [2.05, 4.69) is 67.6 Å². The van der Waals surface area contributed by atoms with E-state index in [0.717, 1.165) is 49.7 Å². The lowest BCUT2D eigenvalue weighted by atomic mass is 9.43. The van der Waals surface area contributed by atoms with Gasteiger partial charge in [-0.1, -0.05) is 78.0 Å². The Morgan fingerprint density at radius 1 is 1.02 bits per heavy atom. The molecule has 5 heteroatoms. The summed E-state index contributed by atoms with van der Waals surface area (Å²) in [5.74, 6) is 2.73. The first-order valence-electron chi connectivity index (χ1n) is 17.7. The summed E-state index contributed by atoms with van der Waals surface area (Å²) < 4.78 is 12.6. The lowest BCUT2D eigenvalue weighted by Gasteiger charge is -2.61. The summed E-state index contributed by atoms with van der Waals surface area (Å²) in [7, 11) is -1.87. The van der Waals surface area contributed by atoms with E-state index in [1.54, 1.807) is 0 Å². The van der Waals surface area contributed by atoms with E-state index >= 15 is 0 Å². The fourth-order valence-corrected chi connectivity index (χ4v) is 11.6. The fourth-order valence-electron chi connectivity index (χ4n) is 10.2. The predicted molar refractivity (Wildman–Crippen MR) is 181 cm³/mol. The van der Waals surface area contributed by atoms with Crippen LogP contribution >= 0.6 is 0 Å². The Kier molecular flexibility index (Phi) is 9.53. The average molecular weight is 621 g/mol. The largest absolute Gasteiger partial charge is 0.461 e. The zero-order valence-electron chi connectivity index (χ0n) is 29.2. The van der Waals surface area contributed by atoms with Crippen LogP contribution in [0.5, 0.6) is 0 Å². The maximum absolute atomic E-state index is 14.5. The van der Waals surface area contributed by atoms with Crippen LogP contribution in [0.15, 0.2) is 42.0 Å². The molecule has 1 aromatic rings. The van der Waals surface area contributed by atoms with Gasteiger partial charge in [0.05, 0.1) is 0 Å². The van der Waals surface area contributed by atoms with Crippen molar-refractivity contribution in [2.75, 3.05) is 0 Å². The Balaban J connectivity index is 1.26. The van der Waals surface area contributed by atoms with Gasteiger partial charge in [-0.15, -0.1) is 0 Å². The number of fused-ring (bicyclic) bond motifs is 5. The molecule has 4 fully saturated rings. The van der Waals surface area contributed by atoms with Crippen molar-refractivity contribution in [2.45, 2.75) is 137 Å². The zero-order chi connectivity index (χ0) is 32.1. The van der Waals surface area contributed by atoms with Gasteiger partial charge in [0.25, 0.3) is 0 Å². The van der Waals surface area contributed by atoms with E-state index < -0.39 is 8.32 Å². The van der Waals surface area contributed by atoms with Gasteiger partial charge in [0.2, 0.25) is 0 Å². The van der Waals surface area contributed by atoms with E-state index in [1.165, 1.54) is 12.8 Å². The van der Waals surface area contributed by atoms with Crippen LogP contribution in [0.3, 0.4) is 0 Å². The second-order valence-corrected chi connectivity index (χ2v) is 21.8.